The Labute approximate surface area is 108 Å². The summed E-state index contributed by atoms with van der Waals surface area (Å²) < 4.78 is 0. The molecule has 96 valence electrons. The van der Waals surface area contributed by atoms with Gasteiger partial charge in [0.2, 0.25) is 0 Å². The maximum atomic E-state index is 3.56. The van der Waals surface area contributed by atoms with E-state index in [4.69, 9.17) is 0 Å². The monoisotopic (exact) mass is 232 g/mol. The van der Waals surface area contributed by atoms with E-state index in [2.05, 4.69) is 57.7 Å². The van der Waals surface area contributed by atoms with Gasteiger partial charge in [-0.3, -0.25) is 0 Å². The topological polar surface area (TPSA) is 0 Å². The van der Waals surface area contributed by atoms with Gasteiger partial charge in [-0.1, -0.05) is 49.8 Å². The highest BCUT2D eigenvalue weighted by atomic mass is 14.0. The molecule has 0 saturated heterocycles. The summed E-state index contributed by atoms with van der Waals surface area (Å²) in [7, 11) is 0. The fraction of sp³-hybridized carbons (Fsp3) is 0.412. The van der Waals surface area contributed by atoms with Crippen LogP contribution in [0.4, 0.5) is 0 Å². The Morgan fingerprint density at radius 1 is 1.06 bits per heavy atom. The Morgan fingerprint density at radius 3 is 1.82 bits per heavy atom. The van der Waals surface area contributed by atoms with Gasteiger partial charge in [-0.05, 0) is 51.3 Å². The molecule has 0 fully saturated rings. The third-order valence-corrected chi connectivity index (χ3v) is 2.00. The van der Waals surface area contributed by atoms with Crippen LogP contribution in [0.2, 0.25) is 0 Å². The van der Waals surface area contributed by atoms with Crippen LogP contribution >= 0.6 is 0 Å². The number of allylic oxidation sites excluding steroid dienone is 3. The van der Waals surface area contributed by atoms with E-state index in [1.54, 1.807) is 0 Å². The molecule has 1 aromatic carbocycles. The van der Waals surface area contributed by atoms with Gasteiger partial charge in [0.25, 0.3) is 0 Å². The molecule has 0 heterocycles. The number of hydrogen-bond donors (Lipinski definition) is 0. The summed E-state index contributed by atoms with van der Waals surface area (Å²) in [5, 5.41) is 0. The van der Waals surface area contributed by atoms with Crippen molar-refractivity contribution >= 4 is 5.57 Å². The van der Waals surface area contributed by atoms with E-state index in [0.717, 1.165) is 0 Å². The summed E-state index contributed by atoms with van der Waals surface area (Å²) in [5.74, 6) is 0. The third kappa shape index (κ3) is 9.62. The first kappa shape index (κ1) is 18.1. The quantitative estimate of drug-likeness (QED) is 0.519. The largest absolute Gasteiger partial charge is 0.100 e. The van der Waals surface area contributed by atoms with E-state index in [-0.39, 0.29) is 0 Å². The van der Waals surface area contributed by atoms with Crippen LogP contribution in [0.1, 0.15) is 52.7 Å². The van der Waals surface area contributed by atoms with Crippen molar-refractivity contribution in [3.63, 3.8) is 0 Å². The molecule has 0 N–H and O–H groups in total. The number of aryl methyl sites for hydroxylation is 1. The minimum absolute atomic E-state index is 1.17. The van der Waals surface area contributed by atoms with Gasteiger partial charge in [0.15, 0.2) is 0 Å². The molecular weight excluding hydrogens is 204 g/mol. The highest BCUT2D eigenvalue weighted by Gasteiger charge is 1.95. The van der Waals surface area contributed by atoms with Gasteiger partial charge in [-0.15, -0.1) is 6.58 Å². The van der Waals surface area contributed by atoms with Crippen LogP contribution in [0.25, 0.3) is 5.57 Å². The predicted molar refractivity (Wildman–Crippen MR) is 82.3 cm³/mol. The highest BCUT2D eigenvalue weighted by Crippen LogP contribution is 2.16. The van der Waals surface area contributed by atoms with Crippen molar-refractivity contribution in [2.45, 2.75) is 48.5 Å². The first-order valence-electron chi connectivity index (χ1n) is 6.30. The second-order valence-electron chi connectivity index (χ2n) is 3.99. The van der Waals surface area contributed by atoms with Crippen molar-refractivity contribution in [2.75, 3.05) is 0 Å². The summed E-state index contributed by atoms with van der Waals surface area (Å²) in [6, 6.07) is 8.45. The maximum absolute atomic E-state index is 3.56. The second kappa shape index (κ2) is 11.2. The number of hydrogen-bond acceptors (Lipinski definition) is 0. The van der Waals surface area contributed by atoms with Crippen LogP contribution in [0.3, 0.4) is 0 Å². The fourth-order valence-corrected chi connectivity index (χ4v) is 1.17. The number of rotatable bonds is 1. The van der Waals surface area contributed by atoms with E-state index in [9.17, 15) is 0 Å². The van der Waals surface area contributed by atoms with Gasteiger partial charge in [0, 0.05) is 0 Å². The summed E-state index contributed by atoms with van der Waals surface area (Å²) in [6.07, 6.45) is 2.14. The summed E-state index contributed by atoms with van der Waals surface area (Å²) in [6.45, 7) is 17.9. The number of benzene rings is 1. The molecule has 0 nitrogen and oxygen atoms in total. The van der Waals surface area contributed by atoms with Gasteiger partial charge in [0.1, 0.15) is 0 Å². The molecule has 1 aromatic rings. The molecule has 0 unspecified atom stereocenters. The Balaban J connectivity index is 0. The molecule has 0 atom stereocenters. The molecule has 0 aliphatic heterocycles. The lowest BCUT2D eigenvalue weighted by molar-refractivity contribution is 1.40. The van der Waals surface area contributed by atoms with E-state index >= 15 is 0 Å². The van der Waals surface area contributed by atoms with Crippen molar-refractivity contribution in [3.8, 4) is 0 Å². The van der Waals surface area contributed by atoms with Crippen molar-refractivity contribution in [3.05, 3.63) is 53.6 Å². The lowest BCUT2D eigenvalue weighted by Crippen LogP contribution is -1.83. The Bertz CT molecular complexity index is 339. The van der Waals surface area contributed by atoms with Crippen molar-refractivity contribution in [1.29, 1.82) is 0 Å². The van der Waals surface area contributed by atoms with Crippen LogP contribution in [0.5, 0.6) is 0 Å². The van der Waals surface area contributed by atoms with Gasteiger partial charge >= 0.3 is 0 Å². The first-order chi connectivity index (χ1) is 7.99. The van der Waals surface area contributed by atoms with Gasteiger partial charge in [-0.25, -0.2) is 0 Å². The van der Waals surface area contributed by atoms with E-state index in [1.165, 1.54) is 22.3 Å². The Hall–Kier alpha value is -1.30. The molecule has 0 radical (unpaired) electrons. The van der Waals surface area contributed by atoms with Gasteiger partial charge in [0.05, 0.1) is 0 Å². The Morgan fingerprint density at radius 2 is 1.47 bits per heavy atom. The zero-order chi connectivity index (χ0) is 13.8. The van der Waals surface area contributed by atoms with Crippen LogP contribution in [0, 0.1) is 6.92 Å². The summed E-state index contributed by atoms with van der Waals surface area (Å²) in [5.41, 5.74) is 5.22. The Kier molecular flexibility index (Phi) is 11.9. The zero-order valence-corrected chi connectivity index (χ0v) is 12.6. The van der Waals surface area contributed by atoms with Gasteiger partial charge < -0.3 is 0 Å². The van der Waals surface area contributed by atoms with Crippen LogP contribution in [0.15, 0.2) is 42.5 Å². The van der Waals surface area contributed by atoms with Crippen LogP contribution < -0.4 is 0 Å². The van der Waals surface area contributed by atoms with E-state index < -0.39 is 0 Å². The maximum Gasteiger partial charge on any atom is -0.0201 e. The molecule has 0 bridgehead atoms. The third-order valence-electron chi connectivity index (χ3n) is 2.00. The normalized spacial score (nSPS) is 9.47. The first-order valence-corrected chi connectivity index (χ1v) is 6.30. The summed E-state index contributed by atoms with van der Waals surface area (Å²) >= 11 is 0. The smallest absolute Gasteiger partial charge is 0.0201 e. The average molecular weight is 232 g/mol. The minimum atomic E-state index is 1.17. The van der Waals surface area contributed by atoms with Crippen LogP contribution in [-0.4, -0.2) is 0 Å². The molecule has 1 rings (SSSR count). The van der Waals surface area contributed by atoms with Crippen molar-refractivity contribution in [1.82, 2.24) is 0 Å². The summed E-state index contributed by atoms with van der Waals surface area (Å²) in [4.78, 5) is 0. The zero-order valence-electron chi connectivity index (χ0n) is 12.6. The minimum Gasteiger partial charge on any atom is -0.100 e. The highest BCUT2D eigenvalue weighted by molar-refractivity contribution is 5.65. The molecule has 0 saturated carbocycles. The molecule has 0 aliphatic rings. The molecule has 0 heteroatoms. The fourth-order valence-electron chi connectivity index (χ4n) is 1.17. The molecular formula is C17H28. The van der Waals surface area contributed by atoms with Crippen molar-refractivity contribution in [2.24, 2.45) is 0 Å². The van der Waals surface area contributed by atoms with E-state index in [1.807, 2.05) is 27.7 Å². The SMILES string of the molecule is C/C=C(/C)c1ccccc1C.C=C(C)C.CC. The van der Waals surface area contributed by atoms with Crippen LogP contribution in [-0.2, 0) is 0 Å². The lowest BCUT2D eigenvalue weighted by Gasteiger charge is -2.03. The molecule has 0 amide bonds. The molecule has 0 spiro atoms. The predicted octanol–water partition coefficient (Wildman–Crippen LogP) is 6.03. The van der Waals surface area contributed by atoms with Gasteiger partial charge in [-0.2, -0.15) is 0 Å². The van der Waals surface area contributed by atoms with Crippen molar-refractivity contribution < 1.29 is 0 Å². The standard InChI is InChI=1S/C11H14.C4H8.C2H6/c1-4-9(2)11-8-6-5-7-10(11)3;1-4(2)3;1-2/h4-8H,1-3H3;1H2,2-3H3;1-2H3/b9-4-;;. The lowest BCUT2D eigenvalue weighted by atomic mass is 10.0. The molecule has 0 aliphatic carbocycles. The molecule has 17 heavy (non-hydrogen) atoms. The average Bonchev–Trinajstić information content (AvgIpc) is 2.31. The molecule has 0 aromatic heterocycles. The second-order valence-corrected chi connectivity index (χ2v) is 3.99. The van der Waals surface area contributed by atoms with E-state index in [0.29, 0.717) is 0 Å².